The van der Waals surface area contributed by atoms with Crippen molar-refractivity contribution in [2.45, 2.75) is 11.4 Å². The van der Waals surface area contributed by atoms with Crippen molar-refractivity contribution in [3.05, 3.63) is 78.6 Å². The number of rotatable bonds is 5. The summed E-state index contributed by atoms with van der Waals surface area (Å²) in [5, 5.41) is 7.77. The van der Waals surface area contributed by atoms with Crippen LogP contribution in [-0.2, 0) is 4.79 Å². The molecule has 0 radical (unpaired) electrons. The number of hydrogen-bond acceptors (Lipinski definition) is 6. The van der Waals surface area contributed by atoms with Gasteiger partial charge in [0.05, 0.1) is 29.8 Å². The number of thioether (sulfide) groups is 1. The van der Waals surface area contributed by atoms with Gasteiger partial charge in [0.15, 0.2) is 11.6 Å². The summed E-state index contributed by atoms with van der Waals surface area (Å²) in [6.07, 6.45) is 2.36. The van der Waals surface area contributed by atoms with E-state index in [0.29, 0.717) is 18.1 Å². The number of benzene rings is 2. The monoisotopic (exact) mass is 414 g/mol. The molecule has 0 saturated heterocycles. The van der Waals surface area contributed by atoms with Crippen molar-refractivity contribution < 1.29 is 9.21 Å². The first kappa shape index (κ1) is 18.6. The lowest BCUT2D eigenvalue weighted by Gasteiger charge is -2.12. The Morgan fingerprint density at radius 1 is 1.00 bits per heavy atom. The molecule has 30 heavy (non-hydrogen) atoms. The lowest BCUT2D eigenvalue weighted by molar-refractivity contribution is -0.127. The van der Waals surface area contributed by atoms with Crippen LogP contribution in [-0.4, -0.2) is 38.9 Å². The normalized spacial score (nSPS) is 13.6. The van der Waals surface area contributed by atoms with Crippen molar-refractivity contribution >= 4 is 34.3 Å². The lowest BCUT2D eigenvalue weighted by Crippen LogP contribution is -2.25. The molecule has 0 spiro atoms. The molecular weight excluding hydrogens is 396 g/mol. The van der Waals surface area contributed by atoms with E-state index in [1.807, 2.05) is 60.7 Å². The molecule has 1 amide bonds. The standard InChI is InChI=1S/C23H18N4O2S/c28-21(27-13-12-18(26-27)16-7-2-1-3-8-16)15-30-23-17-9-4-5-10-19(17)24-22(25-23)20-11-6-14-29-20/h1-11,14H,12-13,15H2. The van der Waals surface area contributed by atoms with Gasteiger partial charge in [-0.15, -0.1) is 0 Å². The van der Waals surface area contributed by atoms with E-state index in [4.69, 9.17) is 4.42 Å². The summed E-state index contributed by atoms with van der Waals surface area (Å²) in [7, 11) is 0. The molecular formula is C23H18N4O2S. The Bertz CT molecular complexity index is 1220. The fraction of sp³-hybridized carbons (Fsp3) is 0.130. The second kappa shape index (κ2) is 8.12. The Labute approximate surface area is 177 Å². The van der Waals surface area contributed by atoms with Gasteiger partial charge in [-0.2, -0.15) is 5.10 Å². The molecule has 0 atom stereocenters. The molecule has 0 saturated carbocycles. The molecule has 2 aromatic heterocycles. The van der Waals surface area contributed by atoms with Crippen LogP contribution >= 0.6 is 11.8 Å². The Balaban J connectivity index is 1.36. The first-order valence-electron chi connectivity index (χ1n) is 9.65. The van der Waals surface area contributed by atoms with Crippen LogP contribution in [0.1, 0.15) is 12.0 Å². The van der Waals surface area contributed by atoms with Crippen LogP contribution in [0.3, 0.4) is 0 Å². The summed E-state index contributed by atoms with van der Waals surface area (Å²) in [6, 6.07) is 21.4. The molecule has 2 aromatic carbocycles. The second-order valence-corrected chi connectivity index (χ2v) is 7.78. The highest BCUT2D eigenvalue weighted by Gasteiger charge is 2.22. The van der Waals surface area contributed by atoms with E-state index < -0.39 is 0 Å². The second-order valence-electron chi connectivity index (χ2n) is 6.82. The van der Waals surface area contributed by atoms with Gasteiger partial charge in [-0.05, 0) is 23.8 Å². The first-order chi connectivity index (χ1) is 14.8. The highest BCUT2D eigenvalue weighted by molar-refractivity contribution is 8.00. The number of carbonyl (C=O) groups is 1. The smallest absolute Gasteiger partial charge is 0.253 e. The SMILES string of the molecule is O=C(CSc1nc(-c2ccco2)nc2ccccc12)N1CCC(c2ccccc2)=N1. The summed E-state index contributed by atoms with van der Waals surface area (Å²) in [5.74, 6) is 1.34. The highest BCUT2D eigenvalue weighted by atomic mass is 32.2. The maximum atomic E-state index is 12.8. The van der Waals surface area contributed by atoms with Gasteiger partial charge in [-0.1, -0.05) is 60.3 Å². The van der Waals surface area contributed by atoms with Crippen molar-refractivity contribution in [1.82, 2.24) is 15.0 Å². The maximum absolute atomic E-state index is 12.8. The van der Waals surface area contributed by atoms with Gasteiger partial charge in [0, 0.05) is 11.8 Å². The molecule has 0 aliphatic carbocycles. The van der Waals surface area contributed by atoms with Gasteiger partial charge in [0.1, 0.15) is 5.03 Å². The summed E-state index contributed by atoms with van der Waals surface area (Å²) in [4.78, 5) is 22.0. The molecule has 3 heterocycles. The Kier molecular flexibility index (Phi) is 5.03. The molecule has 1 aliphatic rings. The van der Waals surface area contributed by atoms with E-state index in [2.05, 4.69) is 15.1 Å². The number of carbonyl (C=O) groups excluding carboxylic acids is 1. The number of aromatic nitrogens is 2. The summed E-state index contributed by atoms with van der Waals surface area (Å²) in [5.41, 5.74) is 2.83. The number of hydrazone groups is 1. The fourth-order valence-corrected chi connectivity index (χ4v) is 4.24. The predicted molar refractivity (Wildman–Crippen MR) is 117 cm³/mol. The van der Waals surface area contributed by atoms with Crippen molar-refractivity contribution in [3.63, 3.8) is 0 Å². The van der Waals surface area contributed by atoms with E-state index in [0.717, 1.165) is 33.6 Å². The van der Waals surface area contributed by atoms with Gasteiger partial charge >= 0.3 is 0 Å². The molecule has 148 valence electrons. The van der Waals surface area contributed by atoms with Crippen LogP contribution in [0.2, 0.25) is 0 Å². The van der Waals surface area contributed by atoms with E-state index >= 15 is 0 Å². The Morgan fingerprint density at radius 3 is 2.67 bits per heavy atom. The number of fused-ring (bicyclic) bond motifs is 1. The third-order valence-corrected chi connectivity index (χ3v) is 5.81. The zero-order valence-corrected chi connectivity index (χ0v) is 16.9. The molecule has 7 heteroatoms. The topological polar surface area (TPSA) is 71.6 Å². The number of amides is 1. The minimum absolute atomic E-state index is 0.0341. The van der Waals surface area contributed by atoms with Crippen LogP contribution in [0.15, 0.2) is 87.5 Å². The average molecular weight is 414 g/mol. The maximum Gasteiger partial charge on any atom is 0.253 e. The molecule has 0 unspecified atom stereocenters. The molecule has 5 rings (SSSR count). The zero-order valence-electron chi connectivity index (χ0n) is 16.1. The fourth-order valence-electron chi connectivity index (χ4n) is 3.35. The Hall–Kier alpha value is -3.45. The molecule has 4 aromatic rings. The minimum atomic E-state index is -0.0341. The number of hydrogen-bond donors (Lipinski definition) is 0. The van der Waals surface area contributed by atoms with Crippen molar-refractivity contribution in [2.75, 3.05) is 12.3 Å². The summed E-state index contributed by atoms with van der Waals surface area (Å²) >= 11 is 1.40. The van der Waals surface area contributed by atoms with Gasteiger partial charge < -0.3 is 4.42 Å². The highest BCUT2D eigenvalue weighted by Crippen LogP contribution is 2.29. The summed E-state index contributed by atoms with van der Waals surface area (Å²) < 4.78 is 5.46. The van der Waals surface area contributed by atoms with E-state index in [-0.39, 0.29) is 11.7 Å². The molecule has 0 N–H and O–H groups in total. The molecule has 1 aliphatic heterocycles. The van der Waals surface area contributed by atoms with Crippen LogP contribution in [0.5, 0.6) is 0 Å². The quantitative estimate of drug-likeness (QED) is 0.352. The number of furan rings is 1. The van der Waals surface area contributed by atoms with E-state index in [1.54, 1.807) is 17.3 Å². The van der Waals surface area contributed by atoms with E-state index in [1.165, 1.54) is 11.8 Å². The van der Waals surface area contributed by atoms with Gasteiger partial charge in [0.2, 0.25) is 0 Å². The Morgan fingerprint density at radius 2 is 1.83 bits per heavy atom. The third-order valence-electron chi connectivity index (χ3n) is 4.84. The van der Waals surface area contributed by atoms with Crippen LogP contribution in [0.25, 0.3) is 22.5 Å². The first-order valence-corrected chi connectivity index (χ1v) is 10.6. The predicted octanol–water partition coefficient (Wildman–Crippen LogP) is 4.62. The number of nitrogens with zero attached hydrogens (tertiary/aromatic N) is 4. The molecule has 6 nitrogen and oxygen atoms in total. The third kappa shape index (κ3) is 3.71. The van der Waals surface area contributed by atoms with E-state index in [9.17, 15) is 4.79 Å². The van der Waals surface area contributed by atoms with Crippen LogP contribution in [0.4, 0.5) is 0 Å². The zero-order chi connectivity index (χ0) is 20.3. The van der Waals surface area contributed by atoms with Crippen molar-refractivity contribution in [2.24, 2.45) is 5.10 Å². The van der Waals surface area contributed by atoms with Gasteiger partial charge in [0.25, 0.3) is 5.91 Å². The van der Waals surface area contributed by atoms with Gasteiger partial charge in [-0.3, -0.25) is 4.79 Å². The average Bonchev–Trinajstić information content (AvgIpc) is 3.50. The van der Waals surface area contributed by atoms with Crippen molar-refractivity contribution in [3.8, 4) is 11.6 Å². The largest absolute Gasteiger partial charge is 0.461 e. The van der Waals surface area contributed by atoms with Crippen LogP contribution in [0, 0.1) is 0 Å². The number of para-hydroxylation sites is 1. The molecule has 0 bridgehead atoms. The van der Waals surface area contributed by atoms with Gasteiger partial charge in [-0.25, -0.2) is 15.0 Å². The van der Waals surface area contributed by atoms with Crippen LogP contribution < -0.4 is 0 Å². The minimum Gasteiger partial charge on any atom is -0.461 e. The van der Waals surface area contributed by atoms with Crippen molar-refractivity contribution in [1.29, 1.82) is 0 Å². The molecule has 0 fully saturated rings. The lowest BCUT2D eigenvalue weighted by atomic mass is 10.1. The summed E-state index contributed by atoms with van der Waals surface area (Å²) in [6.45, 7) is 0.603.